The van der Waals surface area contributed by atoms with E-state index in [4.69, 9.17) is 5.73 Å². The zero-order chi connectivity index (χ0) is 8.27. The minimum absolute atomic E-state index is 0.467. The molecule has 60 valence electrons. The quantitative estimate of drug-likeness (QED) is 0.696. The number of pyridine rings is 1. The summed E-state index contributed by atoms with van der Waals surface area (Å²) in [6.07, 6.45) is 1.81. The molecule has 0 unspecified atom stereocenters. The van der Waals surface area contributed by atoms with Crippen LogP contribution in [0.3, 0.4) is 0 Å². The molecule has 0 saturated carbocycles. The molecule has 0 radical (unpaired) electrons. The van der Waals surface area contributed by atoms with Crippen molar-refractivity contribution >= 4 is 0 Å². The highest BCUT2D eigenvalue weighted by molar-refractivity contribution is 5.21. The minimum Gasteiger partial charge on any atom is -0.326 e. The first-order valence-electron chi connectivity index (χ1n) is 3.89. The van der Waals surface area contributed by atoms with E-state index >= 15 is 0 Å². The van der Waals surface area contributed by atoms with Gasteiger partial charge in [-0.25, -0.2) is 0 Å². The van der Waals surface area contributed by atoms with Crippen LogP contribution in [-0.2, 0) is 6.54 Å². The fraction of sp³-hybridized carbons (Fsp3) is 0.444. The van der Waals surface area contributed by atoms with Gasteiger partial charge in [0, 0.05) is 18.4 Å². The molecule has 0 bridgehead atoms. The highest BCUT2D eigenvalue weighted by Gasteiger charge is 2.04. The molecule has 2 N–H and O–H groups in total. The zero-order valence-corrected chi connectivity index (χ0v) is 7.04. The second-order valence-corrected chi connectivity index (χ2v) is 2.91. The maximum Gasteiger partial charge on any atom is 0.0473 e. The Bertz CT molecular complexity index is 231. The first-order valence-corrected chi connectivity index (χ1v) is 3.89. The van der Waals surface area contributed by atoms with E-state index in [9.17, 15) is 0 Å². The van der Waals surface area contributed by atoms with E-state index in [0.29, 0.717) is 12.5 Å². The number of nitrogens with zero attached hydrogens (tertiary/aromatic N) is 1. The average Bonchev–Trinajstić information content (AvgIpc) is 2.04. The lowest BCUT2D eigenvalue weighted by atomic mass is 10.0. The SMILES string of the molecule is CC(C)c1ncccc1CN. The van der Waals surface area contributed by atoms with Gasteiger partial charge in [-0.1, -0.05) is 19.9 Å². The Morgan fingerprint density at radius 2 is 2.27 bits per heavy atom. The first-order chi connectivity index (χ1) is 5.25. The standard InChI is InChI=1S/C9H14N2/c1-7(2)9-8(6-10)4-3-5-11-9/h3-5,7H,6,10H2,1-2H3. The molecule has 2 nitrogen and oxygen atoms in total. The van der Waals surface area contributed by atoms with E-state index in [1.54, 1.807) is 0 Å². The Morgan fingerprint density at radius 1 is 1.55 bits per heavy atom. The molecule has 11 heavy (non-hydrogen) atoms. The molecule has 0 aromatic carbocycles. The molecule has 1 aromatic heterocycles. The summed E-state index contributed by atoms with van der Waals surface area (Å²) in [4.78, 5) is 4.27. The summed E-state index contributed by atoms with van der Waals surface area (Å²) in [5.41, 5.74) is 7.82. The van der Waals surface area contributed by atoms with E-state index in [1.165, 1.54) is 0 Å². The van der Waals surface area contributed by atoms with E-state index in [0.717, 1.165) is 11.3 Å². The van der Waals surface area contributed by atoms with E-state index in [2.05, 4.69) is 18.8 Å². The van der Waals surface area contributed by atoms with E-state index in [-0.39, 0.29) is 0 Å². The Hall–Kier alpha value is -0.890. The van der Waals surface area contributed by atoms with Crippen molar-refractivity contribution in [2.75, 3.05) is 0 Å². The van der Waals surface area contributed by atoms with E-state index in [1.807, 2.05) is 18.3 Å². The zero-order valence-electron chi connectivity index (χ0n) is 7.04. The maximum absolute atomic E-state index is 5.55. The maximum atomic E-state index is 5.55. The Kier molecular flexibility index (Phi) is 2.60. The molecule has 1 aromatic rings. The summed E-state index contributed by atoms with van der Waals surface area (Å²) in [5.74, 6) is 0.467. The van der Waals surface area contributed by atoms with E-state index < -0.39 is 0 Å². The summed E-state index contributed by atoms with van der Waals surface area (Å²) in [7, 11) is 0. The summed E-state index contributed by atoms with van der Waals surface area (Å²) in [6.45, 7) is 4.84. The number of rotatable bonds is 2. The van der Waals surface area contributed by atoms with Crippen molar-refractivity contribution in [2.24, 2.45) is 5.73 Å². The van der Waals surface area contributed by atoms with Crippen molar-refractivity contribution in [2.45, 2.75) is 26.3 Å². The number of aromatic nitrogens is 1. The van der Waals surface area contributed by atoms with Gasteiger partial charge in [-0.2, -0.15) is 0 Å². The van der Waals surface area contributed by atoms with Gasteiger partial charge >= 0.3 is 0 Å². The van der Waals surface area contributed by atoms with Gasteiger partial charge in [0.05, 0.1) is 0 Å². The molecular weight excluding hydrogens is 136 g/mol. The van der Waals surface area contributed by atoms with Crippen LogP contribution in [0.4, 0.5) is 0 Å². The predicted molar refractivity (Wildman–Crippen MR) is 46.2 cm³/mol. The van der Waals surface area contributed by atoms with Gasteiger partial charge in [-0.3, -0.25) is 4.98 Å². The number of hydrogen-bond acceptors (Lipinski definition) is 2. The predicted octanol–water partition coefficient (Wildman–Crippen LogP) is 1.66. The van der Waals surface area contributed by atoms with Crippen molar-refractivity contribution < 1.29 is 0 Å². The van der Waals surface area contributed by atoms with Crippen molar-refractivity contribution in [3.05, 3.63) is 29.6 Å². The largest absolute Gasteiger partial charge is 0.326 e. The summed E-state index contributed by atoms with van der Waals surface area (Å²) in [6, 6.07) is 3.95. The molecule has 0 aliphatic carbocycles. The van der Waals surface area contributed by atoms with Gasteiger partial charge < -0.3 is 5.73 Å². The molecule has 0 aliphatic heterocycles. The van der Waals surface area contributed by atoms with Gasteiger partial charge in [0.1, 0.15) is 0 Å². The molecule has 0 atom stereocenters. The van der Waals surface area contributed by atoms with Crippen molar-refractivity contribution in [3.8, 4) is 0 Å². The molecule has 2 heteroatoms. The minimum atomic E-state index is 0.467. The molecular formula is C9H14N2. The summed E-state index contributed by atoms with van der Waals surface area (Å²) >= 11 is 0. The Labute approximate surface area is 67.5 Å². The van der Waals surface area contributed by atoms with Crippen LogP contribution >= 0.6 is 0 Å². The Balaban J connectivity index is 3.02. The van der Waals surface area contributed by atoms with Crippen LogP contribution in [0, 0.1) is 0 Å². The lowest BCUT2D eigenvalue weighted by molar-refractivity contribution is 0.796. The smallest absolute Gasteiger partial charge is 0.0473 e. The van der Waals surface area contributed by atoms with Crippen molar-refractivity contribution in [1.82, 2.24) is 4.98 Å². The first kappa shape index (κ1) is 8.21. The molecule has 0 aliphatic rings. The normalized spacial score (nSPS) is 10.5. The van der Waals surface area contributed by atoms with Crippen LogP contribution in [0.5, 0.6) is 0 Å². The van der Waals surface area contributed by atoms with Crippen LogP contribution in [0.2, 0.25) is 0 Å². The highest BCUT2D eigenvalue weighted by atomic mass is 14.7. The molecule has 0 spiro atoms. The van der Waals surface area contributed by atoms with Crippen molar-refractivity contribution in [1.29, 1.82) is 0 Å². The number of nitrogens with two attached hydrogens (primary N) is 1. The lowest BCUT2D eigenvalue weighted by Crippen LogP contribution is -2.04. The summed E-state index contributed by atoms with van der Waals surface area (Å²) < 4.78 is 0. The highest BCUT2D eigenvalue weighted by Crippen LogP contribution is 2.15. The third kappa shape index (κ3) is 1.77. The summed E-state index contributed by atoms with van der Waals surface area (Å²) in [5, 5.41) is 0. The van der Waals surface area contributed by atoms with Crippen LogP contribution in [0.25, 0.3) is 0 Å². The molecule has 0 fully saturated rings. The third-order valence-corrected chi connectivity index (χ3v) is 1.69. The monoisotopic (exact) mass is 150 g/mol. The van der Waals surface area contributed by atoms with Crippen LogP contribution < -0.4 is 5.73 Å². The van der Waals surface area contributed by atoms with Gasteiger partial charge in [0.15, 0.2) is 0 Å². The number of hydrogen-bond donors (Lipinski definition) is 1. The topological polar surface area (TPSA) is 38.9 Å². The van der Waals surface area contributed by atoms with Gasteiger partial charge in [-0.15, -0.1) is 0 Å². The average molecular weight is 150 g/mol. The molecule has 0 saturated heterocycles. The van der Waals surface area contributed by atoms with Gasteiger partial charge in [-0.05, 0) is 17.5 Å². The van der Waals surface area contributed by atoms with Gasteiger partial charge in [0.2, 0.25) is 0 Å². The second kappa shape index (κ2) is 3.49. The lowest BCUT2D eigenvalue weighted by Gasteiger charge is -2.08. The van der Waals surface area contributed by atoms with Gasteiger partial charge in [0.25, 0.3) is 0 Å². The third-order valence-electron chi connectivity index (χ3n) is 1.69. The van der Waals surface area contributed by atoms with Crippen LogP contribution in [-0.4, -0.2) is 4.98 Å². The van der Waals surface area contributed by atoms with Crippen LogP contribution in [0.1, 0.15) is 31.0 Å². The second-order valence-electron chi connectivity index (χ2n) is 2.91. The molecule has 1 heterocycles. The molecule has 1 rings (SSSR count). The fourth-order valence-corrected chi connectivity index (χ4v) is 1.14. The van der Waals surface area contributed by atoms with Crippen molar-refractivity contribution in [3.63, 3.8) is 0 Å². The Morgan fingerprint density at radius 3 is 2.73 bits per heavy atom. The fourth-order valence-electron chi connectivity index (χ4n) is 1.14. The van der Waals surface area contributed by atoms with Crippen LogP contribution in [0.15, 0.2) is 18.3 Å². The molecule has 0 amide bonds.